The minimum Gasteiger partial charge on any atom is -0.492 e. The van der Waals surface area contributed by atoms with Crippen molar-refractivity contribution in [1.29, 1.82) is 0 Å². The highest BCUT2D eigenvalue weighted by atomic mass is 32.2. The zero-order valence-electron chi connectivity index (χ0n) is 18.6. The number of anilines is 1. The number of rotatable bonds is 10. The number of nitrogens with one attached hydrogen (secondary N) is 3. The highest BCUT2D eigenvalue weighted by Gasteiger charge is 2.17. The number of fused-ring (bicyclic) bond motifs is 1. The fourth-order valence-corrected chi connectivity index (χ4v) is 4.34. The summed E-state index contributed by atoms with van der Waals surface area (Å²) in [6.07, 6.45) is 3.51. The number of carbonyl (C=O) groups excluding carboxylic acids is 1. The molecule has 1 atom stereocenters. The molecule has 0 spiro atoms. The lowest BCUT2D eigenvalue weighted by Gasteiger charge is -2.15. The molecule has 10 heteroatoms. The Hall–Kier alpha value is -3.37. The van der Waals surface area contributed by atoms with Gasteiger partial charge in [0.15, 0.2) is 0 Å². The third-order valence-corrected chi connectivity index (χ3v) is 6.42. The van der Waals surface area contributed by atoms with Crippen molar-refractivity contribution in [2.24, 2.45) is 0 Å². The van der Waals surface area contributed by atoms with Crippen LogP contribution in [0.5, 0.6) is 5.75 Å². The first-order valence-corrected chi connectivity index (χ1v) is 12.2. The molecule has 0 radical (unpaired) electrons. The van der Waals surface area contributed by atoms with E-state index in [-0.39, 0.29) is 17.1 Å². The van der Waals surface area contributed by atoms with Crippen molar-refractivity contribution in [2.75, 3.05) is 18.5 Å². The van der Waals surface area contributed by atoms with Gasteiger partial charge in [0, 0.05) is 18.1 Å². The van der Waals surface area contributed by atoms with Crippen LogP contribution in [0.1, 0.15) is 26.7 Å². The SMILES string of the molecule is CCCCOc1ccc2ccc(NC(=O)NC[C@@H](C)NS(=O)(=O)c3ccccc3)c(=O)n2c1. The Bertz CT molecular complexity index is 1260. The van der Waals surface area contributed by atoms with E-state index in [1.807, 2.05) is 0 Å². The van der Waals surface area contributed by atoms with Crippen molar-refractivity contribution in [3.8, 4) is 5.75 Å². The average molecular weight is 473 g/mol. The molecular formula is C23H28N4O5S. The zero-order valence-corrected chi connectivity index (χ0v) is 19.4. The molecule has 0 fully saturated rings. The Morgan fingerprint density at radius 1 is 1.09 bits per heavy atom. The van der Waals surface area contributed by atoms with E-state index in [1.165, 1.54) is 22.6 Å². The number of urea groups is 1. The van der Waals surface area contributed by atoms with Crippen molar-refractivity contribution in [1.82, 2.24) is 14.4 Å². The fourth-order valence-electron chi connectivity index (χ4n) is 3.08. The van der Waals surface area contributed by atoms with Crippen molar-refractivity contribution in [2.45, 2.75) is 37.6 Å². The number of carbonyl (C=O) groups is 1. The number of nitrogens with zero attached hydrogens (tertiary/aromatic N) is 1. The molecule has 0 aliphatic heterocycles. The lowest BCUT2D eigenvalue weighted by molar-refractivity contribution is 0.251. The summed E-state index contributed by atoms with van der Waals surface area (Å²) in [5.74, 6) is 0.569. The molecule has 33 heavy (non-hydrogen) atoms. The maximum atomic E-state index is 12.8. The molecule has 0 unspecified atom stereocenters. The third kappa shape index (κ3) is 6.56. The maximum Gasteiger partial charge on any atom is 0.319 e. The average Bonchev–Trinajstić information content (AvgIpc) is 2.80. The number of pyridine rings is 2. The van der Waals surface area contributed by atoms with Gasteiger partial charge in [0.2, 0.25) is 10.0 Å². The van der Waals surface area contributed by atoms with Gasteiger partial charge in [0.05, 0.1) is 17.7 Å². The summed E-state index contributed by atoms with van der Waals surface area (Å²) in [4.78, 5) is 25.3. The smallest absolute Gasteiger partial charge is 0.319 e. The molecule has 0 aliphatic carbocycles. The monoisotopic (exact) mass is 472 g/mol. The second-order valence-electron chi connectivity index (χ2n) is 7.58. The van der Waals surface area contributed by atoms with Gasteiger partial charge in [-0.1, -0.05) is 31.5 Å². The Morgan fingerprint density at radius 3 is 2.55 bits per heavy atom. The van der Waals surface area contributed by atoms with E-state index in [9.17, 15) is 18.0 Å². The first-order valence-electron chi connectivity index (χ1n) is 10.7. The maximum absolute atomic E-state index is 12.8. The number of unbranched alkanes of at least 4 members (excludes halogenated alkanes) is 1. The second-order valence-corrected chi connectivity index (χ2v) is 9.30. The lowest BCUT2D eigenvalue weighted by Crippen LogP contribution is -2.43. The number of aromatic nitrogens is 1. The van der Waals surface area contributed by atoms with Crippen LogP contribution in [-0.2, 0) is 10.0 Å². The lowest BCUT2D eigenvalue weighted by atomic mass is 10.3. The van der Waals surface area contributed by atoms with Crippen LogP contribution in [0.15, 0.2) is 70.5 Å². The first kappa shape index (κ1) is 24.3. The molecule has 0 saturated heterocycles. The number of benzene rings is 1. The van der Waals surface area contributed by atoms with Crippen LogP contribution < -0.4 is 25.7 Å². The molecule has 0 bridgehead atoms. The van der Waals surface area contributed by atoms with Crippen LogP contribution >= 0.6 is 0 Å². The van der Waals surface area contributed by atoms with Crippen molar-refractivity contribution < 1.29 is 17.9 Å². The first-order chi connectivity index (χ1) is 15.8. The van der Waals surface area contributed by atoms with Crippen LogP contribution in [-0.4, -0.2) is 38.0 Å². The van der Waals surface area contributed by atoms with Crippen LogP contribution in [0.4, 0.5) is 10.5 Å². The Kier molecular flexibility index (Phi) is 8.07. The van der Waals surface area contributed by atoms with Gasteiger partial charge >= 0.3 is 6.03 Å². The van der Waals surface area contributed by atoms with Gasteiger partial charge in [-0.15, -0.1) is 0 Å². The molecule has 1 aromatic carbocycles. The number of ether oxygens (including phenoxy) is 1. The normalized spacial score (nSPS) is 12.3. The summed E-state index contributed by atoms with van der Waals surface area (Å²) in [7, 11) is -3.70. The second kappa shape index (κ2) is 11.0. The van der Waals surface area contributed by atoms with Gasteiger partial charge in [0.25, 0.3) is 5.56 Å². The molecule has 176 valence electrons. The van der Waals surface area contributed by atoms with E-state index in [4.69, 9.17) is 4.74 Å². The van der Waals surface area contributed by atoms with Crippen LogP contribution in [0, 0.1) is 0 Å². The molecular weight excluding hydrogens is 444 g/mol. The van der Waals surface area contributed by atoms with Crippen molar-refractivity contribution in [3.05, 3.63) is 71.1 Å². The van der Waals surface area contributed by atoms with Gasteiger partial charge in [0.1, 0.15) is 11.4 Å². The predicted molar refractivity (Wildman–Crippen MR) is 127 cm³/mol. The number of hydrogen-bond acceptors (Lipinski definition) is 5. The van der Waals surface area contributed by atoms with E-state index in [0.29, 0.717) is 17.9 Å². The molecule has 0 aliphatic rings. The molecule has 3 N–H and O–H groups in total. The van der Waals surface area contributed by atoms with E-state index in [1.54, 1.807) is 49.5 Å². The largest absolute Gasteiger partial charge is 0.492 e. The van der Waals surface area contributed by atoms with Gasteiger partial charge in [-0.2, -0.15) is 0 Å². The van der Waals surface area contributed by atoms with Gasteiger partial charge in [-0.05, 0) is 49.7 Å². The van der Waals surface area contributed by atoms with Gasteiger partial charge in [-0.3, -0.25) is 9.20 Å². The summed E-state index contributed by atoms with van der Waals surface area (Å²) in [5.41, 5.74) is 0.354. The van der Waals surface area contributed by atoms with Crippen molar-refractivity contribution >= 4 is 27.3 Å². The molecule has 3 rings (SSSR count). The van der Waals surface area contributed by atoms with Gasteiger partial charge < -0.3 is 15.4 Å². The summed E-state index contributed by atoms with van der Waals surface area (Å²) < 4.78 is 34.3. The summed E-state index contributed by atoms with van der Waals surface area (Å²) in [6.45, 7) is 4.29. The third-order valence-electron chi connectivity index (χ3n) is 4.82. The highest BCUT2D eigenvalue weighted by molar-refractivity contribution is 7.89. The van der Waals surface area contributed by atoms with E-state index >= 15 is 0 Å². The summed E-state index contributed by atoms with van der Waals surface area (Å²) >= 11 is 0. The Morgan fingerprint density at radius 2 is 1.82 bits per heavy atom. The summed E-state index contributed by atoms with van der Waals surface area (Å²) in [6, 6.07) is 13.6. The van der Waals surface area contributed by atoms with E-state index in [2.05, 4.69) is 22.3 Å². The quantitative estimate of drug-likeness (QED) is 0.392. The number of sulfonamides is 1. The van der Waals surface area contributed by atoms with Crippen LogP contribution in [0.3, 0.4) is 0 Å². The predicted octanol–water partition coefficient (Wildman–Crippen LogP) is 2.97. The Balaban J connectivity index is 1.61. The molecule has 2 heterocycles. The summed E-state index contributed by atoms with van der Waals surface area (Å²) in [5, 5.41) is 5.10. The van der Waals surface area contributed by atoms with Gasteiger partial charge in [-0.25, -0.2) is 17.9 Å². The van der Waals surface area contributed by atoms with E-state index < -0.39 is 27.7 Å². The minimum absolute atomic E-state index is 0.0300. The van der Waals surface area contributed by atoms with Crippen LogP contribution in [0.2, 0.25) is 0 Å². The highest BCUT2D eigenvalue weighted by Crippen LogP contribution is 2.14. The van der Waals surface area contributed by atoms with E-state index in [0.717, 1.165) is 12.8 Å². The molecule has 2 aromatic heterocycles. The van der Waals surface area contributed by atoms with Crippen LogP contribution in [0.25, 0.3) is 5.52 Å². The molecule has 9 nitrogen and oxygen atoms in total. The number of hydrogen-bond donors (Lipinski definition) is 3. The fraction of sp³-hybridized carbons (Fsp3) is 0.304. The zero-order chi connectivity index (χ0) is 23.8. The molecule has 2 amide bonds. The topological polar surface area (TPSA) is 118 Å². The number of amides is 2. The molecule has 3 aromatic rings. The van der Waals surface area contributed by atoms with Crippen molar-refractivity contribution in [3.63, 3.8) is 0 Å². The molecule has 0 saturated carbocycles. The standard InChI is InChI=1S/C23H28N4O5S/c1-3-4-14-32-19-12-10-18-11-13-21(22(28)27(18)16-19)25-23(29)24-15-17(2)26-33(30,31)20-8-6-5-7-9-20/h5-13,16-17,26H,3-4,14-15H2,1-2H3,(H2,24,25,29)/t17-/m1/s1. The Labute approximate surface area is 192 Å². The minimum atomic E-state index is -3.70.